The molecule has 1 amide bonds. The third-order valence-electron chi connectivity index (χ3n) is 3.93. The number of carbonyl (C=O) groups excluding carboxylic acids is 1. The van der Waals surface area contributed by atoms with Crippen molar-refractivity contribution in [2.24, 2.45) is 0 Å². The van der Waals surface area contributed by atoms with E-state index in [1.165, 1.54) is 6.07 Å². The Morgan fingerprint density at radius 1 is 1.08 bits per heavy atom. The number of benzene rings is 2. The number of hydrogen-bond donors (Lipinski definition) is 2. The number of rotatable bonds is 7. The van der Waals surface area contributed by atoms with Crippen molar-refractivity contribution in [2.45, 2.75) is 20.8 Å². The first-order valence-corrected chi connectivity index (χ1v) is 8.19. The second-order valence-corrected chi connectivity index (χ2v) is 5.55. The lowest BCUT2D eigenvalue weighted by Crippen LogP contribution is -2.23. The molecule has 0 saturated heterocycles. The van der Waals surface area contributed by atoms with Gasteiger partial charge in [-0.05, 0) is 56.7 Å². The normalized spacial score (nSPS) is 10.3. The van der Waals surface area contributed by atoms with E-state index < -0.39 is 0 Å². The molecule has 2 aromatic carbocycles. The predicted molar refractivity (Wildman–Crippen MR) is 98.3 cm³/mol. The number of amides is 1. The number of aryl methyl sites for hydroxylation is 1. The lowest BCUT2D eigenvalue weighted by Gasteiger charge is -2.22. The van der Waals surface area contributed by atoms with Crippen molar-refractivity contribution >= 4 is 23.0 Å². The summed E-state index contributed by atoms with van der Waals surface area (Å²) in [6, 6.07) is 12.3. The molecule has 24 heavy (non-hydrogen) atoms. The summed E-state index contributed by atoms with van der Waals surface area (Å²) in [5.41, 5.74) is 3.23. The van der Waals surface area contributed by atoms with Gasteiger partial charge in [0, 0.05) is 24.5 Å². The maximum atomic E-state index is 13.5. The Morgan fingerprint density at radius 2 is 1.79 bits per heavy atom. The van der Waals surface area contributed by atoms with Crippen LogP contribution in [-0.2, 0) is 4.79 Å². The van der Waals surface area contributed by atoms with Crippen LogP contribution in [-0.4, -0.2) is 25.5 Å². The van der Waals surface area contributed by atoms with Crippen molar-refractivity contribution in [3.63, 3.8) is 0 Å². The minimum atomic E-state index is -0.370. The van der Waals surface area contributed by atoms with Crippen LogP contribution >= 0.6 is 0 Å². The molecule has 0 atom stereocenters. The van der Waals surface area contributed by atoms with Gasteiger partial charge in [0.1, 0.15) is 5.82 Å². The molecule has 2 rings (SSSR count). The third-order valence-corrected chi connectivity index (χ3v) is 3.93. The molecule has 0 aliphatic heterocycles. The van der Waals surface area contributed by atoms with Gasteiger partial charge in [0.05, 0.1) is 12.2 Å². The number of carbonyl (C=O) groups is 1. The van der Waals surface area contributed by atoms with Crippen LogP contribution in [0.4, 0.5) is 21.5 Å². The minimum absolute atomic E-state index is 0.0121. The van der Waals surface area contributed by atoms with E-state index in [-0.39, 0.29) is 18.3 Å². The number of nitrogens with zero attached hydrogens (tertiary/aromatic N) is 1. The molecule has 0 aliphatic rings. The minimum Gasteiger partial charge on any atom is -0.374 e. The highest BCUT2D eigenvalue weighted by Crippen LogP contribution is 2.22. The predicted octanol–water partition coefficient (Wildman–Crippen LogP) is 4.03. The van der Waals surface area contributed by atoms with E-state index in [9.17, 15) is 9.18 Å². The second-order valence-electron chi connectivity index (χ2n) is 5.55. The number of nitrogens with one attached hydrogen (secondary N) is 2. The summed E-state index contributed by atoms with van der Waals surface area (Å²) >= 11 is 0. The van der Waals surface area contributed by atoms with E-state index in [0.717, 1.165) is 30.0 Å². The molecule has 0 fully saturated rings. The third kappa shape index (κ3) is 4.47. The van der Waals surface area contributed by atoms with Gasteiger partial charge in [0.25, 0.3) is 0 Å². The summed E-state index contributed by atoms with van der Waals surface area (Å²) in [7, 11) is 0. The Bertz CT molecular complexity index is 699. The number of anilines is 3. The fourth-order valence-corrected chi connectivity index (χ4v) is 2.55. The number of hydrogen-bond acceptors (Lipinski definition) is 3. The highest BCUT2D eigenvalue weighted by atomic mass is 19.1. The molecule has 0 spiro atoms. The maximum Gasteiger partial charge on any atom is 0.243 e. The highest BCUT2D eigenvalue weighted by molar-refractivity contribution is 5.94. The largest absolute Gasteiger partial charge is 0.374 e. The van der Waals surface area contributed by atoms with Gasteiger partial charge in [-0.2, -0.15) is 0 Å². The van der Waals surface area contributed by atoms with E-state index in [1.807, 2.05) is 19.1 Å². The first-order chi connectivity index (χ1) is 11.5. The summed E-state index contributed by atoms with van der Waals surface area (Å²) in [6.07, 6.45) is 0. The number of halogens is 1. The van der Waals surface area contributed by atoms with Gasteiger partial charge in [-0.3, -0.25) is 4.79 Å². The summed E-state index contributed by atoms with van der Waals surface area (Å²) in [4.78, 5) is 14.3. The average Bonchev–Trinajstić information content (AvgIpc) is 2.57. The van der Waals surface area contributed by atoms with Crippen LogP contribution < -0.4 is 15.5 Å². The molecule has 0 saturated carbocycles. The Morgan fingerprint density at radius 3 is 2.42 bits per heavy atom. The van der Waals surface area contributed by atoms with Crippen molar-refractivity contribution in [3.8, 4) is 0 Å². The second kappa shape index (κ2) is 8.34. The highest BCUT2D eigenvalue weighted by Gasteiger charge is 2.08. The zero-order valence-corrected chi connectivity index (χ0v) is 14.4. The van der Waals surface area contributed by atoms with Crippen LogP contribution in [0, 0.1) is 12.7 Å². The monoisotopic (exact) mass is 329 g/mol. The molecule has 0 aromatic heterocycles. The molecule has 4 nitrogen and oxygen atoms in total. The standard InChI is InChI=1S/C19H24FN3O/c1-4-23(5-2)15-10-11-17(14(3)12-15)22-19(24)13-21-18-9-7-6-8-16(18)20/h6-12,21H,4-5,13H2,1-3H3,(H,22,24). The molecular formula is C19H24FN3O. The summed E-state index contributed by atoms with van der Waals surface area (Å²) < 4.78 is 13.5. The van der Waals surface area contributed by atoms with Crippen LogP contribution in [0.15, 0.2) is 42.5 Å². The first-order valence-electron chi connectivity index (χ1n) is 8.19. The van der Waals surface area contributed by atoms with Crippen molar-refractivity contribution < 1.29 is 9.18 Å². The van der Waals surface area contributed by atoms with E-state index >= 15 is 0 Å². The van der Waals surface area contributed by atoms with Crippen LogP contribution in [0.5, 0.6) is 0 Å². The summed E-state index contributed by atoms with van der Waals surface area (Å²) in [6.45, 7) is 8.08. The van der Waals surface area contributed by atoms with Crippen molar-refractivity contribution in [3.05, 3.63) is 53.8 Å². The van der Waals surface area contributed by atoms with Gasteiger partial charge in [0.2, 0.25) is 5.91 Å². The van der Waals surface area contributed by atoms with Gasteiger partial charge in [-0.1, -0.05) is 12.1 Å². The zero-order chi connectivity index (χ0) is 17.5. The molecule has 0 aliphatic carbocycles. The van der Waals surface area contributed by atoms with E-state index in [2.05, 4.69) is 35.4 Å². The SMILES string of the molecule is CCN(CC)c1ccc(NC(=O)CNc2ccccc2F)c(C)c1. The summed E-state index contributed by atoms with van der Waals surface area (Å²) in [5.74, 6) is -0.581. The van der Waals surface area contributed by atoms with E-state index in [1.54, 1.807) is 18.2 Å². The molecule has 0 radical (unpaired) electrons. The maximum absolute atomic E-state index is 13.5. The molecule has 0 bridgehead atoms. The topological polar surface area (TPSA) is 44.4 Å². The zero-order valence-electron chi connectivity index (χ0n) is 14.4. The van der Waals surface area contributed by atoms with Crippen LogP contribution in [0.3, 0.4) is 0 Å². The molecule has 2 N–H and O–H groups in total. The number of para-hydroxylation sites is 1. The molecule has 2 aromatic rings. The van der Waals surface area contributed by atoms with Crippen molar-refractivity contribution in [1.29, 1.82) is 0 Å². The van der Waals surface area contributed by atoms with Crippen LogP contribution in [0.2, 0.25) is 0 Å². The first kappa shape index (κ1) is 17.8. The Hall–Kier alpha value is -2.56. The van der Waals surface area contributed by atoms with Gasteiger partial charge in [-0.25, -0.2) is 4.39 Å². The van der Waals surface area contributed by atoms with Crippen LogP contribution in [0.25, 0.3) is 0 Å². The molecule has 0 heterocycles. The molecular weight excluding hydrogens is 305 g/mol. The molecule has 5 heteroatoms. The van der Waals surface area contributed by atoms with Gasteiger partial charge < -0.3 is 15.5 Å². The summed E-state index contributed by atoms with van der Waals surface area (Å²) in [5, 5.41) is 5.66. The van der Waals surface area contributed by atoms with E-state index in [0.29, 0.717) is 5.69 Å². The van der Waals surface area contributed by atoms with Crippen molar-refractivity contribution in [1.82, 2.24) is 0 Å². The molecule has 128 valence electrons. The van der Waals surface area contributed by atoms with Crippen molar-refractivity contribution in [2.75, 3.05) is 35.2 Å². The Kier molecular flexibility index (Phi) is 6.18. The van der Waals surface area contributed by atoms with Gasteiger partial charge in [0.15, 0.2) is 0 Å². The average molecular weight is 329 g/mol. The molecule has 0 unspecified atom stereocenters. The fourth-order valence-electron chi connectivity index (χ4n) is 2.55. The quantitative estimate of drug-likeness (QED) is 0.806. The van der Waals surface area contributed by atoms with Gasteiger partial charge >= 0.3 is 0 Å². The smallest absolute Gasteiger partial charge is 0.243 e. The van der Waals surface area contributed by atoms with Crippen LogP contribution in [0.1, 0.15) is 19.4 Å². The Labute approximate surface area is 142 Å². The Balaban J connectivity index is 1.98. The lowest BCUT2D eigenvalue weighted by molar-refractivity contribution is -0.114. The van der Waals surface area contributed by atoms with E-state index in [4.69, 9.17) is 0 Å². The van der Waals surface area contributed by atoms with Gasteiger partial charge in [-0.15, -0.1) is 0 Å². The lowest BCUT2D eigenvalue weighted by atomic mass is 10.1. The fraction of sp³-hybridized carbons (Fsp3) is 0.316.